The van der Waals surface area contributed by atoms with Crippen molar-refractivity contribution < 1.29 is 14.4 Å². The Morgan fingerprint density at radius 2 is 2.26 bits per heavy atom. The molecule has 5 nitrogen and oxygen atoms in total. The Kier molecular flexibility index (Phi) is 4.21. The fourth-order valence-electron chi connectivity index (χ4n) is 2.32. The summed E-state index contributed by atoms with van der Waals surface area (Å²) < 4.78 is 13.4. The summed E-state index contributed by atoms with van der Waals surface area (Å²) in [6, 6.07) is 2.04. The molecule has 0 radical (unpaired) electrons. The minimum atomic E-state index is -0.693. The van der Waals surface area contributed by atoms with Crippen molar-refractivity contribution in [3.63, 3.8) is 0 Å². The molecule has 2 rings (SSSR count). The molecule has 1 saturated carbocycles. The highest BCUT2D eigenvalue weighted by atomic mass is 35.5. The van der Waals surface area contributed by atoms with Crippen molar-refractivity contribution in [1.29, 1.82) is 0 Å². The van der Waals surface area contributed by atoms with Gasteiger partial charge < -0.3 is 10.4 Å². The Labute approximate surface area is 114 Å². The molecular weight excluding hydrogens is 275 g/mol. The van der Waals surface area contributed by atoms with Gasteiger partial charge in [0, 0.05) is 18.7 Å². The van der Waals surface area contributed by atoms with Crippen LogP contribution < -0.4 is 5.32 Å². The van der Waals surface area contributed by atoms with Crippen molar-refractivity contribution >= 4 is 23.0 Å². The molecule has 19 heavy (non-hydrogen) atoms. The van der Waals surface area contributed by atoms with Gasteiger partial charge in [0.25, 0.3) is 5.69 Å². The van der Waals surface area contributed by atoms with E-state index in [1.165, 1.54) is 0 Å². The number of benzene rings is 1. The van der Waals surface area contributed by atoms with E-state index in [9.17, 15) is 19.6 Å². The molecule has 1 aromatic rings. The van der Waals surface area contributed by atoms with Crippen molar-refractivity contribution in [3.05, 3.63) is 33.1 Å². The molecule has 1 aromatic carbocycles. The maximum Gasteiger partial charge on any atom is 0.294 e. The predicted octanol–water partition coefficient (Wildman–Crippen LogP) is 2.96. The van der Waals surface area contributed by atoms with Crippen molar-refractivity contribution in [2.75, 3.05) is 11.9 Å². The van der Waals surface area contributed by atoms with Crippen LogP contribution in [0.15, 0.2) is 12.1 Å². The largest absolute Gasteiger partial charge is 0.393 e. The first-order chi connectivity index (χ1) is 8.97. The van der Waals surface area contributed by atoms with E-state index < -0.39 is 10.7 Å². The lowest BCUT2D eigenvalue weighted by molar-refractivity contribution is -0.384. The summed E-state index contributed by atoms with van der Waals surface area (Å²) in [5.74, 6) is -0.449. The van der Waals surface area contributed by atoms with Gasteiger partial charge in [0.15, 0.2) is 0 Å². The second-order valence-corrected chi connectivity index (χ2v) is 5.16. The van der Waals surface area contributed by atoms with E-state index in [0.29, 0.717) is 13.0 Å². The molecule has 0 bridgehead atoms. The number of nitro benzene ring substituents is 1. The lowest BCUT2D eigenvalue weighted by Crippen LogP contribution is -2.13. The Hall–Kier alpha value is -1.40. The summed E-state index contributed by atoms with van der Waals surface area (Å²) in [4.78, 5) is 10.3. The molecule has 1 aliphatic rings. The van der Waals surface area contributed by atoms with Crippen LogP contribution in [-0.2, 0) is 0 Å². The Bertz CT molecular complexity index is 498. The lowest BCUT2D eigenvalue weighted by atomic mass is 10.1. The number of nitrogens with one attached hydrogen (secondary N) is 1. The summed E-state index contributed by atoms with van der Waals surface area (Å²) in [5.41, 5.74) is -0.127. The molecule has 0 amide bonds. The summed E-state index contributed by atoms with van der Waals surface area (Å²) in [7, 11) is 0. The topological polar surface area (TPSA) is 75.4 Å². The molecule has 0 aliphatic heterocycles. The molecule has 7 heteroatoms. The highest BCUT2D eigenvalue weighted by Gasteiger charge is 2.24. The number of nitrogens with zero attached hydrogens (tertiary/aromatic N) is 1. The Morgan fingerprint density at radius 3 is 2.84 bits per heavy atom. The van der Waals surface area contributed by atoms with Gasteiger partial charge in [-0.05, 0) is 25.2 Å². The van der Waals surface area contributed by atoms with E-state index >= 15 is 0 Å². The predicted molar refractivity (Wildman–Crippen MR) is 69.9 cm³/mol. The van der Waals surface area contributed by atoms with E-state index in [2.05, 4.69) is 5.32 Å². The molecular formula is C12H14ClFN2O3. The molecule has 0 aromatic heterocycles. The third-order valence-corrected chi connectivity index (χ3v) is 3.62. The van der Waals surface area contributed by atoms with Crippen molar-refractivity contribution in [1.82, 2.24) is 0 Å². The number of hydrogen-bond donors (Lipinski definition) is 2. The van der Waals surface area contributed by atoms with E-state index in [0.717, 1.165) is 25.0 Å². The first kappa shape index (κ1) is 14.0. The standard InChI is InChI=1S/C12H14ClFN2O3/c13-9-4-12(16(18)19)11(5-10(9)14)15-6-7-1-2-8(17)3-7/h4-5,7-8,15,17H,1-3,6H2. The van der Waals surface area contributed by atoms with Gasteiger partial charge in [0.05, 0.1) is 16.0 Å². The zero-order valence-corrected chi connectivity index (χ0v) is 10.9. The van der Waals surface area contributed by atoms with Gasteiger partial charge in [-0.25, -0.2) is 4.39 Å². The minimum absolute atomic E-state index is 0.119. The second-order valence-electron chi connectivity index (χ2n) is 4.75. The molecule has 0 spiro atoms. The van der Waals surface area contributed by atoms with Crippen molar-refractivity contribution in [3.8, 4) is 0 Å². The zero-order chi connectivity index (χ0) is 14.0. The number of anilines is 1. The summed E-state index contributed by atoms with van der Waals surface area (Å²) in [6.07, 6.45) is 1.96. The number of hydrogen-bond acceptors (Lipinski definition) is 4. The molecule has 1 fully saturated rings. The lowest BCUT2D eigenvalue weighted by Gasteiger charge is -2.12. The molecule has 104 valence electrons. The highest BCUT2D eigenvalue weighted by molar-refractivity contribution is 6.31. The molecule has 0 heterocycles. The van der Waals surface area contributed by atoms with Crippen LogP contribution >= 0.6 is 11.6 Å². The van der Waals surface area contributed by atoms with Gasteiger partial charge in [-0.2, -0.15) is 0 Å². The van der Waals surface area contributed by atoms with Crippen LogP contribution in [0.2, 0.25) is 5.02 Å². The first-order valence-corrected chi connectivity index (χ1v) is 6.40. The molecule has 2 N–H and O–H groups in total. The van der Waals surface area contributed by atoms with Crippen LogP contribution in [-0.4, -0.2) is 22.7 Å². The zero-order valence-electron chi connectivity index (χ0n) is 10.1. The van der Waals surface area contributed by atoms with Crippen LogP contribution in [0, 0.1) is 21.8 Å². The number of halogens is 2. The fourth-order valence-corrected chi connectivity index (χ4v) is 2.48. The van der Waals surface area contributed by atoms with Crippen LogP contribution in [0.4, 0.5) is 15.8 Å². The van der Waals surface area contributed by atoms with E-state index in [1.807, 2.05) is 0 Å². The van der Waals surface area contributed by atoms with Crippen LogP contribution in [0.5, 0.6) is 0 Å². The van der Waals surface area contributed by atoms with Gasteiger partial charge in [-0.15, -0.1) is 0 Å². The fraction of sp³-hybridized carbons (Fsp3) is 0.500. The van der Waals surface area contributed by atoms with Crippen molar-refractivity contribution in [2.45, 2.75) is 25.4 Å². The van der Waals surface area contributed by atoms with E-state index in [1.54, 1.807) is 0 Å². The molecule has 0 saturated heterocycles. The Balaban J connectivity index is 2.10. The molecule has 2 unspecified atom stereocenters. The maximum atomic E-state index is 13.4. The number of aliphatic hydroxyl groups excluding tert-OH is 1. The quantitative estimate of drug-likeness (QED) is 0.660. The van der Waals surface area contributed by atoms with Gasteiger partial charge in [0.1, 0.15) is 11.5 Å². The third kappa shape index (κ3) is 3.33. The van der Waals surface area contributed by atoms with Crippen LogP contribution in [0.3, 0.4) is 0 Å². The number of nitro groups is 1. The van der Waals surface area contributed by atoms with Gasteiger partial charge in [-0.3, -0.25) is 10.1 Å². The highest BCUT2D eigenvalue weighted by Crippen LogP contribution is 2.32. The van der Waals surface area contributed by atoms with Gasteiger partial charge >= 0.3 is 0 Å². The smallest absolute Gasteiger partial charge is 0.294 e. The SMILES string of the molecule is O=[N+]([O-])c1cc(Cl)c(F)cc1NCC1CCC(O)C1. The monoisotopic (exact) mass is 288 g/mol. The van der Waals surface area contributed by atoms with Crippen LogP contribution in [0.1, 0.15) is 19.3 Å². The minimum Gasteiger partial charge on any atom is -0.393 e. The van der Waals surface area contributed by atoms with Gasteiger partial charge in [-0.1, -0.05) is 11.6 Å². The summed E-state index contributed by atoms with van der Waals surface area (Å²) >= 11 is 5.54. The number of rotatable bonds is 4. The Morgan fingerprint density at radius 1 is 1.53 bits per heavy atom. The third-order valence-electron chi connectivity index (χ3n) is 3.33. The first-order valence-electron chi connectivity index (χ1n) is 6.02. The summed E-state index contributed by atoms with van der Waals surface area (Å²) in [5, 5.41) is 22.9. The summed E-state index contributed by atoms with van der Waals surface area (Å²) in [6.45, 7) is 0.471. The van der Waals surface area contributed by atoms with Crippen molar-refractivity contribution in [2.24, 2.45) is 5.92 Å². The normalized spacial score (nSPS) is 22.5. The second kappa shape index (κ2) is 5.71. The maximum absolute atomic E-state index is 13.4. The van der Waals surface area contributed by atoms with Crippen LogP contribution in [0.25, 0.3) is 0 Å². The molecule has 1 aliphatic carbocycles. The molecule has 2 atom stereocenters. The number of aliphatic hydroxyl groups is 1. The average Bonchev–Trinajstić information content (AvgIpc) is 2.76. The van der Waals surface area contributed by atoms with E-state index in [4.69, 9.17) is 11.6 Å². The van der Waals surface area contributed by atoms with Gasteiger partial charge in [0.2, 0.25) is 0 Å². The average molecular weight is 289 g/mol. The van der Waals surface area contributed by atoms with E-state index in [-0.39, 0.29) is 28.4 Å².